The summed E-state index contributed by atoms with van der Waals surface area (Å²) < 4.78 is 2.29. The minimum atomic E-state index is 0.0789. The van der Waals surface area contributed by atoms with Crippen LogP contribution < -0.4 is 5.73 Å². The van der Waals surface area contributed by atoms with Gasteiger partial charge in [0.1, 0.15) is 0 Å². The first-order valence-corrected chi connectivity index (χ1v) is 6.62. The average Bonchev–Trinajstić information content (AvgIpc) is 2.22. The molecule has 0 heterocycles. The van der Waals surface area contributed by atoms with Crippen molar-refractivity contribution in [2.45, 2.75) is 25.8 Å². The normalized spacial score (nSPS) is 11.7. The maximum absolute atomic E-state index is 6.11. The third-order valence-electron chi connectivity index (χ3n) is 2.11. The smallest absolute Gasteiger partial charge is 0.0314 e. The summed E-state index contributed by atoms with van der Waals surface area (Å²) in [5.41, 5.74) is 7.31. The van der Waals surface area contributed by atoms with Crippen LogP contribution in [0.5, 0.6) is 0 Å². The summed E-state index contributed by atoms with van der Waals surface area (Å²) in [6, 6.07) is 6.27. The van der Waals surface area contributed by atoms with E-state index in [0.717, 1.165) is 17.3 Å². The van der Waals surface area contributed by atoms with Crippen LogP contribution in [0.2, 0.25) is 0 Å². The predicted molar refractivity (Wildman–Crippen MR) is 76.5 cm³/mol. The van der Waals surface area contributed by atoms with Crippen LogP contribution in [0.3, 0.4) is 0 Å². The van der Waals surface area contributed by atoms with E-state index in [-0.39, 0.29) is 6.04 Å². The molecule has 3 heteroatoms. The van der Waals surface area contributed by atoms with Crippen molar-refractivity contribution >= 4 is 38.5 Å². The second-order valence-electron chi connectivity index (χ2n) is 3.24. The van der Waals surface area contributed by atoms with Crippen molar-refractivity contribution in [3.63, 3.8) is 0 Å². The van der Waals surface area contributed by atoms with Gasteiger partial charge in [0.05, 0.1) is 0 Å². The van der Waals surface area contributed by atoms with Crippen LogP contribution in [0.4, 0.5) is 0 Å². The molecule has 0 aliphatic rings. The number of hydrogen-bond donors (Lipinski definition) is 1. The fraction of sp³-hybridized carbons (Fsp3) is 0.333. The minimum absolute atomic E-state index is 0.0789. The second kappa shape index (κ2) is 6.51. The van der Waals surface area contributed by atoms with Crippen LogP contribution >= 0.6 is 38.5 Å². The van der Waals surface area contributed by atoms with Gasteiger partial charge in [-0.3, -0.25) is 0 Å². The molecule has 0 aliphatic heterocycles. The second-order valence-corrected chi connectivity index (χ2v) is 5.32. The van der Waals surface area contributed by atoms with E-state index in [1.165, 1.54) is 9.13 Å². The van der Waals surface area contributed by atoms with Gasteiger partial charge in [-0.25, -0.2) is 0 Å². The molecular formula is C12H13BrIN. The van der Waals surface area contributed by atoms with E-state index < -0.39 is 0 Å². The Kier molecular flexibility index (Phi) is 5.65. The van der Waals surface area contributed by atoms with Crippen LogP contribution in [0.1, 0.15) is 31.4 Å². The Morgan fingerprint density at radius 1 is 1.53 bits per heavy atom. The van der Waals surface area contributed by atoms with E-state index in [9.17, 15) is 0 Å². The van der Waals surface area contributed by atoms with E-state index in [0.29, 0.717) is 0 Å². The number of rotatable bonds is 3. The Morgan fingerprint density at radius 3 is 2.93 bits per heavy atom. The maximum atomic E-state index is 6.11. The molecule has 1 unspecified atom stereocenters. The monoisotopic (exact) mass is 377 g/mol. The van der Waals surface area contributed by atoms with Gasteiger partial charge in [-0.15, -0.1) is 11.8 Å². The van der Waals surface area contributed by atoms with Gasteiger partial charge in [-0.2, -0.15) is 0 Å². The SMILES string of the molecule is CC#CCCC(N)c1cc(Br)ccc1I. The van der Waals surface area contributed by atoms with Gasteiger partial charge in [0.25, 0.3) is 0 Å². The molecule has 0 spiro atoms. The third kappa shape index (κ3) is 4.13. The fourth-order valence-electron chi connectivity index (χ4n) is 1.31. The predicted octanol–water partition coefficient (Wildman–Crippen LogP) is 3.86. The van der Waals surface area contributed by atoms with Gasteiger partial charge in [0, 0.05) is 20.5 Å². The lowest BCUT2D eigenvalue weighted by Gasteiger charge is -2.12. The lowest BCUT2D eigenvalue weighted by Crippen LogP contribution is -2.11. The average molecular weight is 378 g/mol. The molecule has 0 aromatic heterocycles. The third-order valence-corrected chi connectivity index (χ3v) is 3.59. The minimum Gasteiger partial charge on any atom is -0.324 e. The van der Waals surface area contributed by atoms with Crippen LogP contribution in [0.15, 0.2) is 22.7 Å². The molecule has 1 nitrogen and oxygen atoms in total. The van der Waals surface area contributed by atoms with Crippen molar-refractivity contribution in [1.29, 1.82) is 0 Å². The van der Waals surface area contributed by atoms with Gasteiger partial charge < -0.3 is 5.73 Å². The Hall–Kier alpha value is -0.0500. The van der Waals surface area contributed by atoms with Crippen molar-refractivity contribution in [2.75, 3.05) is 0 Å². The fourth-order valence-corrected chi connectivity index (χ4v) is 2.42. The first kappa shape index (κ1) is 13.0. The zero-order chi connectivity index (χ0) is 11.3. The van der Waals surface area contributed by atoms with Crippen LogP contribution in [-0.4, -0.2) is 0 Å². The Labute approximate surface area is 113 Å². The number of halogens is 2. The molecule has 0 saturated carbocycles. The van der Waals surface area contributed by atoms with Crippen molar-refractivity contribution in [1.82, 2.24) is 0 Å². The highest BCUT2D eigenvalue weighted by Crippen LogP contribution is 2.25. The largest absolute Gasteiger partial charge is 0.324 e. The molecule has 0 amide bonds. The molecule has 0 aliphatic carbocycles. The molecule has 15 heavy (non-hydrogen) atoms. The molecule has 1 rings (SSSR count). The molecule has 1 atom stereocenters. The molecule has 0 saturated heterocycles. The summed E-state index contributed by atoms with van der Waals surface area (Å²) in [4.78, 5) is 0. The summed E-state index contributed by atoms with van der Waals surface area (Å²) in [6.07, 6.45) is 1.77. The molecule has 2 N–H and O–H groups in total. The lowest BCUT2D eigenvalue weighted by molar-refractivity contribution is 0.664. The zero-order valence-electron chi connectivity index (χ0n) is 8.56. The van der Waals surface area contributed by atoms with E-state index in [1.807, 2.05) is 13.0 Å². The molecular weight excluding hydrogens is 365 g/mol. The van der Waals surface area contributed by atoms with Crippen LogP contribution in [-0.2, 0) is 0 Å². The zero-order valence-corrected chi connectivity index (χ0v) is 12.3. The number of benzene rings is 1. The molecule has 1 aromatic carbocycles. The number of hydrogen-bond acceptors (Lipinski definition) is 1. The summed E-state index contributed by atoms with van der Waals surface area (Å²) >= 11 is 5.78. The Morgan fingerprint density at radius 2 is 2.27 bits per heavy atom. The van der Waals surface area contributed by atoms with Gasteiger partial charge in [0.2, 0.25) is 0 Å². The van der Waals surface area contributed by atoms with Crippen molar-refractivity contribution in [2.24, 2.45) is 5.73 Å². The Balaban J connectivity index is 2.74. The summed E-state index contributed by atoms with van der Waals surface area (Å²) in [7, 11) is 0. The van der Waals surface area contributed by atoms with E-state index >= 15 is 0 Å². The highest BCUT2D eigenvalue weighted by Gasteiger charge is 2.09. The van der Waals surface area contributed by atoms with Crippen molar-refractivity contribution in [3.05, 3.63) is 31.8 Å². The van der Waals surface area contributed by atoms with Gasteiger partial charge in [0.15, 0.2) is 0 Å². The van der Waals surface area contributed by atoms with Gasteiger partial charge in [-0.05, 0) is 59.7 Å². The Bertz CT molecular complexity index is 392. The van der Waals surface area contributed by atoms with E-state index in [4.69, 9.17) is 5.73 Å². The van der Waals surface area contributed by atoms with Crippen molar-refractivity contribution in [3.8, 4) is 11.8 Å². The van der Waals surface area contributed by atoms with Crippen LogP contribution in [0, 0.1) is 15.4 Å². The quantitative estimate of drug-likeness (QED) is 0.628. The standard InChI is InChI=1S/C12H13BrIN/c1-2-3-4-5-12(15)10-8-9(13)6-7-11(10)14/h6-8,12H,4-5,15H2,1H3. The van der Waals surface area contributed by atoms with Crippen LogP contribution in [0.25, 0.3) is 0 Å². The summed E-state index contributed by atoms with van der Waals surface area (Å²) in [6.45, 7) is 1.86. The summed E-state index contributed by atoms with van der Waals surface area (Å²) in [5.74, 6) is 5.92. The molecule has 80 valence electrons. The molecule has 0 fully saturated rings. The van der Waals surface area contributed by atoms with Gasteiger partial charge >= 0.3 is 0 Å². The van der Waals surface area contributed by atoms with Crippen molar-refractivity contribution < 1.29 is 0 Å². The topological polar surface area (TPSA) is 26.0 Å². The summed E-state index contributed by atoms with van der Waals surface area (Å²) in [5, 5.41) is 0. The number of nitrogens with two attached hydrogens (primary N) is 1. The first-order valence-electron chi connectivity index (χ1n) is 4.75. The van der Waals surface area contributed by atoms with E-state index in [2.05, 4.69) is 62.5 Å². The lowest BCUT2D eigenvalue weighted by atomic mass is 10.0. The highest BCUT2D eigenvalue weighted by atomic mass is 127. The molecule has 0 bridgehead atoms. The van der Waals surface area contributed by atoms with Gasteiger partial charge in [-0.1, -0.05) is 15.9 Å². The van der Waals surface area contributed by atoms with E-state index in [1.54, 1.807) is 0 Å². The first-order chi connectivity index (χ1) is 7.15. The molecule has 0 radical (unpaired) electrons. The maximum Gasteiger partial charge on any atom is 0.0314 e. The highest BCUT2D eigenvalue weighted by molar-refractivity contribution is 14.1. The molecule has 1 aromatic rings.